The molecule has 0 atom stereocenters. The summed E-state index contributed by atoms with van der Waals surface area (Å²) in [6, 6.07) is 9.84. The number of benzene rings is 1. The molecule has 172 valence electrons. The Morgan fingerprint density at radius 2 is 2.12 bits per heavy atom. The highest BCUT2D eigenvalue weighted by atomic mass is 16.5. The number of amides is 1. The minimum Gasteiger partial charge on any atom is -0.381 e. The number of allylic oxidation sites excluding steroid dienone is 1. The third-order valence-corrected chi connectivity index (χ3v) is 5.75. The van der Waals surface area contributed by atoms with Crippen molar-refractivity contribution >= 4 is 40.4 Å². The number of fused-ring (bicyclic) bond motifs is 1. The number of carbonyl (C=O) groups excluding carboxylic acids is 1. The predicted molar refractivity (Wildman–Crippen MR) is 132 cm³/mol. The Labute approximate surface area is 193 Å². The van der Waals surface area contributed by atoms with Crippen molar-refractivity contribution in [3.05, 3.63) is 54.0 Å². The van der Waals surface area contributed by atoms with Crippen molar-refractivity contribution in [2.24, 2.45) is 4.99 Å². The molecule has 0 aliphatic carbocycles. The summed E-state index contributed by atoms with van der Waals surface area (Å²) in [7, 11) is 1.87. The van der Waals surface area contributed by atoms with Crippen molar-refractivity contribution in [2.75, 3.05) is 25.6 Å². The number of H-pyrrole nitrogens is 1. The Hall–Kier alpha value is -3.52. The summed E-state index contributed by atoms with van der Waals surface area (Å²) in [6.07, 6.45) is 8.12. The maximum absolute atomic E-state index is 13.0. The van der Waals surface area contributed by atoms with Gasteiger partial charge in [-0.25, -0.2) is 9.97 Å². The van der Waals surface area contributed by atoms with Crippen LogP contribution in [-0.2, 0) is 4.74 Å². The van der Waals surface area contributed by atoms with Gasteiger partial charge in [0.15, 0.2) is 0 Å². The minimum absolute atomic E-state index is 0.00429. The number of anilines is 2. The molecule has 0 spiro atoms. The highest BCUT2D eigenvalue weighted by Gasteiger charge is 2.24. The van der Waals surface area contributed by atoms with Gasteiger partial charge in [-0.05, 0) is 56.5 Å². The Balaban J connectivity index is 1.53. The van der Waals surface area contributed by atoms with Gasteiger partial charge in [0, 0.05) is 55.3 Å². The molecule has 2 N–H and O–H groups in total. The normalized spacial score (nSPS) is 15.3. The smallest absolute Gasteiger partial charge is 0.270 e. The standard InChI is InChI=1S/C25H30N6O2/c1-4-6-21(26-5-2)22-9-12-27-25(30-22)28-18-7-8-20-17(15-18)16-23(29-20)24(32)31(3)19-10-13-33-14-11-19/h5-9,12,15-16,19,29H,4,10-11,13-14H2,1-3H3,(H,27,28,30)/b21-6-,26-5?. The first-order valence-corrected chi connectivity index (χ1v) is 11.4. The molecule has 1 aliphatic heterocycles. The largest absolute Gasteiger partial charge is 0.381 e. The van der Waals surface area contributed by atoms with Crippen LogP contribution in [-0.4, -0.2) is 58.3 Å². The molecule has 0 radical (unpaired) electrons. The molecule has 8 heteroatoms. The van der Waals surface area contributed by atoms with Gasteiger partial charge < -0.3 is 19.9 Å². The maximum atomic E-state index is 13.0. The summed E-state index contributed by atoms with van der Waals surface area (Å²) in [5.41, 5.74) is 3.92. The van der Waals surface area contributed by atoms with E-state index in [9.17, 15) is 4.79 Å². The molecule has 0 saturated carbocycles. The van der Waals surface area contributed by atoms with Crippen LogP contribution in [0, 0.1) is 0 Å². The van der Waals surface area contributed by atoms with Crippen LogP contribution in [0.3, 0.4) is 0 Å². The van der Waals surface area contributed by atoms with E-state index in [1.165, 1.54) is 0 Å². The van der Waals surface area contributed by atoms with E-state index in [4.69, 9.17) is 4.74 Å². The average Bonchev–Trinajstić information content (AvgIpc) is 3.27. The number of nitrogens with one attached hydrogen (secondary N) is 2. The van der Waals surface area contributed by atoms with Gasteiger partial charge in [0.05, 0.1) is 11.4 Å². The molecule has 1 amide bonds. The Bertz CT molecular complexity index is 1180. The van der Waals surface area contributed by atoms with Crippen LogP contribution in [0.2, 0.25) is 0 Å². The summed E-state index contributed by atoms with van der Waals surface area (Å²) in [4.78, 5) is 31.4. The monoisotopic (exact) mass is 446 g/mol. The molecular weight excluding hydrogens is 416 g/mol. The fourth-order valence-corrected chi connectivity index (χ4v) is 4.00. The van der Waals surface area contributed by atoms with E-state index in [-0.39, 0.29) is 11.9 Å². The molecule has 1 aliphatic rings. The highest BCUT2D eigenvalue weighted by Crippen LogP contribution is 2.24. The molecule has 1 saturated heterocycles. The zero-order chi connectivity index (χ0) is 23.2. The molecule has 0 bridgehead atoms. The molecule has 1 fully saturated rings. The SMILES string of the molecule is CC=N/C(=C\CC)c1ccnc(Nc2ccc3[nH]c(C(=O)N(C)C4CCOCC4)cc3c2)n1. The van der Waals surface area contributed by atoms with Gasteiger partial charge in [-0.3, -0.25) is 9.79 Å². The molecule has 8 nitrogen and oxygen atoms in total. The Morgan fingerprint density at radius 1 is 1.30 bits per heavy atom. The van der Waals surface area contributed by atoms with Gasteiger partial charge in [0.1, 0.15) is 5.69 Å². The number of hydrogen-bond donors (Lipinski definition) is 2. The number of ether oxygens (including phenoxy) is 1. The van der Waals surface area contributed by atoms with Crippen LogP contribution in [0.5, 0.6) is 0 Å². The van der Waals surface area contributed by atoms with Gasteiger partial charge in [-0.15, -0.1) is 0 Å². The van der Waals surface area contributed by atoms with Crippen molar-refractivity contribution < 1.29 is 9.53 Å². The summed E-state index contributed by atoms with van der Waals surface area (Å²) >= 11 is 0. The summed E-state index contributed by atoms with van der Waals surface area (Å²) < 4.78 is 5.42. The van der Waals surface area contributed by atoms with Crippen LogP contribution < -0.4 is 5.32 Å². The Morgan fingerprint density at radius 3 is 2.88 bits per heavy atom. The summed E-state index contributed by atoms with van der Waals surface area (Å²) in [5, 5.41) is 4.21. The predicted octanol–water partition coefficient (Wildman–Crippen LogP) is 4.79. The van der Waals surface area contributed by atoms with E-state index in [1.54, 1.807) is 12.4 Å². The van der Waals surface area contributed by atoms with Crippen molar-refractivity contribution in [2.45, 2.75) is 39.2 Å². The van der Waals surface area contributed by atoms with E-state index < -0.39 is 0 Å². The Kier molecular flexibility index (Phi) is 7.14. The molecule has 3 heterocycles. The fraction of sp³-hybridized carbons (Fsp3) is 0.360. The van der Waals surface area contributed by atoms with E-state index in [0.717, 1.165) is 47.2 Å². The van der Waals surface area contributed by atoms with Gasteiger partial charge >= 0.3 is 0 Å². The molecule has 4 rings (SSSR count). The molecule has 2 aromatic heterocycles. The lowest BCUT2D eigenvalue weighted by Crippen LogP contribution is -2.40. The van der Waals surface area contributed by atoms with E-state index in [0.29, 0.717) is 24.9 Å². The van der Waals surface area contributed by atoms with Crippen LogP contribution in [0.4, 0.5) is 11.6 Å². The number of hydrogen-bond acceptors (Lipinski definition) is 6. The van der Waals surface area contributed by atoms with E-state index >= 15 is 0 Å². The van der Waals surface area contributed by atoms with Crippen molar-refractivity contribution in [3.63, 3.8) is 0 Å². The lowest BCUT2D eigenvalue weighted by atomic mass is 10.1. The van der Waals surface area contributed by atoms with Crippen LogP contribution in [0.25, 0.3) is 16.6 Å². The average molecular weight is 447 g/mol. The fourth-order valence-electron chi connectivity index (χ4n) is 4.00. The van der Waals surface area contributed by atoms with Crippen molar-refractivity contribution in [1.29, 1.82) is 0 Å². The summed E-state index contributed by atoms with van der Waals surface area (Å²) in [6.45, 7) is 5.36. The molecule has 3 aromatic rings. The summed E-state index contributed by atoms with van der Waals surface area (Å²) in [5.74, 6) is 0.488. The lowest BCUT2D eigenvalue weighted by Gasteiger charge is -2.30. The first-order valence-electron chi connectivity index (χ1n) is 11.4. The van der Waals surface area contributed by atoms with Crippen LogP contribution in [0.15, 0.2) is 47.6 Å². The third kappa shape index (κ3) is 5.28. The number of nitrogens with zero attached hydrogens (tertiary/aromatic N) is 4. The molecule has 0 unspecified atom stereocenters. The van der Waals surface area contributed by atoms with Gasteiger partial charge in [-0.2, -0.15) is 0 Å². The van der Waals surface area contributed by atoms with Crippen LogP contribution in [0.1, 0.15) is 49.3 Å². The molecule has 1 aromatic carbocycles. The lowest BCUT2D eigenvalue weighted by molar-refractivity contribution is 0.0359. The number of aliphatic imine (C=N–C) groups is 1. The second kappa shape index (κ2) is 10.4. The van der Waals surface area contributed by atoms with Crippen molar-refractivity contribution in [3.8, 4) is 0 Å². The minimum atomic E-state index is -0.00429. The second-order valence-corrected chi connectivity index (χ2v) is 8.02. The quantitative estimate of drug-likeness (QED) is 0.509. The first kappa shape index (κ1) is 22.7. The highest BCUT2D eigenvalue weighted by molar-refractivity contribution is 5.98. The van der Waals surface area contributed by atoms with E-state index in [2.05, 4.69) is 32.2 Å². The van der Waals surface area contributed by atoms with Gasteiger partial charge in [0.25, 0.3) is 5.91 Å². The maximum Gasteiger partial charge on any atom is 0.270 e. The number of aromatic amines is 1. The van der Waals surface area contributed by atoms with Gasteiger partial charge in [-0.1, -0.05) is 13.0 Å². The molecule has 33 heavy (non-hydrogen) atoms. The number of rotatable bonds is 7. The number of aromatic nitrogens is 3. The third-order valence-electron chi connectivity index (χ3n) is 5.75. The topological polar surface area (TPSA) is 95.5 Å². The molecular formula is C25H30N6O2. The van der Waals surface area contributed by atoms with Crippen molar-refractivity contribution in [1.82, 2.24) is 19.9 Å². The van der Waals surface area contributed by atoms with Gasteiger partial charge in [0.2, 0.25) is 5.95 Å². The zero-order valence-electron chi connectivity index (χ0n) is 19.3. The first-order chi connectivity index (χ1) is 16.1. The number of carbonyl (C=O) groups is 1. The zero-order valence-corrected chi connectivity index (χ0v) is 19.3. The van der Waals surface area contributed by atoms with Crippen LogP contribution >= 0.6 is 0 Å². The second-order valence-electron chi connectivity index (χ2n) is 8.02. The van der Waals surface area contributed by atoms with E-state index in [1.807, 2.05) is 55.3 Å².